The van der Waals surface area contributed by atoms with E-state index in [4.69, 9.17) is 0 Å². The molecule has 0 atom stereocenters. The minimum atomic E-state index is -0.349. The minimum absolute atomic E-state index is 0.0734. The molecule has 0 amide bonds. The zero-order chi connectivity index (χ0) is 14.2. The number of hydrogen-bond donors (Lipinski definition) is 0. The average molecular weight is 258 g/mol. The van der Waals surface area contributed by atoms with Gasteiger partial charge in [0.25, 0.3) is 0 Å². The van der Waals surface area contributed by atoms with Crippen molar-refractivity contribution in [3.8, 4) is 17.2 Å². The number of nitrogens with zero attached hydrogens (tertiary/aromatic N) is 2. The molecule has 0 N–H and O–H groups in total. The van der Waals surface area contributed by atoms with Crippen LogP contribution >= 0.6 is 0 Å². The summed E-state index contributed by atoms with van der Waals surface area (Å²) in [5.74, 6) is -0.155. The summed E-state index contributed by atoms with van der Waals surface area (Å²) in [6.07, 6.45) is 5.39. The van der Waals surface area contributed by atoms with Crippen molar-refractivity contribution in [1.29, 1.82) is 0 Å². The fourth-order valence-electron chi connectivity index (χ4n) is 2.23. The van der Waals surface area contributed by atoms with Crippen molar-refractivity contribution >= 4 is 0 Å². The third kappa shape index (κ3) is 2.30. The van der Waals surface area contributed by atoms with Crippen LogP contribution in [0.5, 0.6) is 11.5 Å². The summed E-state index contributed by atoms with van der Waals surface area (Å²) in [6.45, 7) is 7.69. The van der Waals surface area contributed by atoms with Crippen LogP contribution in [-0.4, -0.2) is 9.55 Å². The second kappa shape index (κ2) is 4.61. The Kier molecular flexibility index (Phi) is 3.27. The summed E-state index contributed by atoms with van der Waals surface area (Å²) in [7, 11) is 0. The van der Waals surface area contributed by atoms with Crippen molar-refractivity contribution in [3.63, 3.8) is 0 Å². The molecule has 0 unspecified atom stereocenters. The second-order valence-corrected chi connectivity index (χ2v) is 5.65. The molecule has 1 radical (unpaired) electrons. The first-order valence-corrected chi connectivity index (χ1v) is 6.39. The van der Waals surface area contributed by atoms with E-state index in [1.54, 1.807) is 23.3 Å². The lowest BCUT2D eigenvalue weighted by Crippen LogP contribution is -2.15. The molecular formula is C15H18N2O2-. The highest BCUT2D eigenvalue weighted by Crippen LogP contribution is 2.41. The first-order valence-electron chi connectivity index (χ1n) is 6.39. The summed E-state index contributed by atoms with van der Waals surface area (Å²) in [6, 6.07) is 1.49. The fourth-order valence-corrected chi connectivity index (χ4v) is 2.23. The van der Waals surface area contributed by atoms with Crippen molar-refractivity contribution < 1.29 is 10.2 Å². The summed E-state index contributed by atoms with van der Waals surface area (Å²) in [5, 5.41) is 24.9. The lowest BCUT2D eigenvalue weighted by atomic mass is 9.84. The van der Waals surface area contributed by atoms with Gasteiger partial charge in [-0.15, -0.1) is 5.75 Å². The van der Waals surface area contributed by atoms with Crippen LogP contribution in [0.1, 0.15) is 38.8 Å². The predicted octanol–water partition coefficient (Wildman–Crippen LogP) is 2.95. The molecule has 0 aliphatic heterocycles. The van der Waals surface area contributed by atoms with E-state index in [1.165, 1.54) is 6.07 Å². The van der Waals surface area contributed by atoms with Gasteiger partial charge in [-0.1, -0.05) is 33.8 Å². The SMILES string of the molecule is CCc1c([O-])cc(C(C)(C)C)c([O])c1-n1ccnc1. The lowest BCUT2D eigenvalue weighted by molar-refractivity contribution is -0.269. The van der Waals surface area contributed by atoms with E-state index >= 15 is 0 Å². The molecule has 1 aromatic carbocycles. The number of imidazole rings is 1. The predicted molar refractivity (Wildman–Crippen MR) is 71.2 cm³/mol. The largest absolute Gasteiger partial charge is 0.872 e. The maximum absolute atomic E-state index is 12.7. The van der Waals surface area contributed by atoms with Gasteiger partial charge in [0.1, 0.15) is 0 Å². The number of aromatic nitrogens is 2. The third-order valence-electron chi connectivity index (χ3n) is 3.24. The van der Waals surface area contributed by atoms with Gasteiger partial charge in [-0.05, 0) is 17.4 Å². The molecule has 1 aromatic heterocycles. The maximum atomic E-state index is 12.7. The van der Waals surface area contributed by atoms with Crippen molar-refractivity contribution in [2.24, 2.45) is 0 Å². The molecule has 0 aliphatic rings. The maximum Gasteiger partial charge on any atom is 0.206 e. The van der Waals surface area contributed by atoms with Crippen LogP contribution in [0.2, 0.25) is 0 Å². The van der Waals surface area contributed by atoms with Crippen LogP contribution in [0.3, 0.4) is 0 Å². The number of rotatable bonds is 2. The molecule has 0 fully saturated rings. The Morgan fingerprint density at radius 1 is 1.37 bits per heavy atom. The molecule has 4 nitrogen and oxygen atoms in total. The second-order valence-electron chi connectivity index (χ2n) is 5.65. The molecule has 2 aromatic rings. The van der Waals surface area contributed by atoms with Crippen molar-refractivity contribution in [2.45, 2.75) is 39.5 Å². The first kappa shape index (κ1) is 13.5. The van der Waals surface area contributed by atoms with Gasteiger partial charge in [-0.3, -0.25) is 5.11 Å². The zero-order valence-corrected chi connectivity index (χ0v) is 11.7. The van der Waals surface area contributed by atoms with E-state index in [-0.39, 0.29) is 16.9 Å². The van der Waals surface area contributed by atoms with E-state index in [2.05, 4.69) is 4.98 Å². The Labute approximate surface area is 113 Å². The average Bonchev–Trinajstić information content (AvgIpc) is 2.82. The Balaban J connectivity index is 2.79. The topological polar surface area (TPSA) is 60.8 Å². The Morgan fingerprint density at radius 3 is 2.53 bits per heavy atom. The molecule has 2 rings (SSSR count). The monoisotopic (exact) mass is 258 g/mol. The minimum Gasteiger partial charge on any atom is -0.872 e. The van der Waals surface area contributed by atoms with Gasteiger partial charge in [0.05, 0.1) is 12.0 Å². The Hall–Kier alpha value is -1.97. The van der Waals surface area contributed by atoms with Gasteiger partial charge in [-0.25, -0.2) is 4.98 Å². The van der Waals surface area contributed by atoms with Crippen LogP contribution < -0.4 is 5.11 Å². The highest BCUT2D eigenvalue weighted by Gasteiger charge is 2.24. The molecule has 0 aliphatic carbocycles. The molecule has 0 bridgehead atoms. The van der Waals surface area contributed by atoms with Gasteiger partial charge in [0.2, 0.25) is 5.75 Å². The fraction of sp³-hybridized carbons (Fsp3) is 0.400. The van der Waals surface area contributed by atoms with Crippen molar-refractivity contribution in [2.75, 3.05) is 0 Å². The Bertz CT molecular complexity index is 581. The highest BCUT2D eigenvalue weighted by atomic mass is 16.3. The molecule has 4 heteroatoms. The molecule has 1 heterocycles. The summed E-state index contributed by atoms with van der Waals surface area (Å²) < 4.78 is 1.64. The molecule has 19 heavy (non-hydrogen) atoms. The van der Waals surface area contributed by atoms with E-state index < -0.39 is 0 Å². The molecule has 0 spiro atoms. The first-order chi connectivity index (χ1) is 8.86. The van der Waals surface area contributed by atoms with Gasteiger partial charge < -0.3 is 9.67 Å². The van der Waals surface area contributed by atoms with Crippen LogP contribution in [0.25, 0.3) is 5.69 Å². The standard InChI is InChI=1S/C15H19N2O2/c1-5-10-12(18)8-11(15(2,3)4)14(19)13(10)17-7-6-16-9-17/h6-9,18H,5H2,1-4H3/p-1. The quantitative estimate of drug-likeness (QED) is 0.831. The lowest BCUT2D eigenvalue weighted by Gasteiger charge is -2.26. The van der Waals surface area contributed by atoms with Gasteiger partial charge in [-0.2, -0.15) is 0 Å². The summed E-state index contributed by atoms with van der Waals surface area (Å²) >= 11 is 0. The zero-order valence-electron chi connectivity index (χ0n) is 11.7. The molecular weight excluding hydrogens is 240 g/mol. The van der Waals surface area contributed by atoms with Crippen LogP contribution in [0.15, 0.2) is 24.8 Å². The van der Waals surface area contributed by atoms with Gasteiger partial charge >= 0.3 is 0 Å². The van der Waals surface area contributed by atoms with E-state index in [0.29, 0.717) is 23.2 Å². The van der Waals surface area contributed by atoms with Crippen LogP contribution in [0, 0.1) is 0 Å². The highest BCUT2D eigenvalue weighted by molar-refractivity contribution is 5.62. The van der Waals surface area contributed by atoms with E-state index in [1.807, 2.05) is 27.7 Å². The van der Waals surface area contributed by atoms with Crippen molar-refractivity contribution in [3.05, 3.63) is 35.9 Å². The van der Waals surface area contributed by atoms with Crippen molar-refractivity contribution in [1.82, 2.24) is 9.55 Å². The smallest absolute Gasteiger partial charge is 0.206 e. The van der Waals surface area contributed by atoms with Gasteiger partial charge in [0, 0.05) is 18.0 Å². The third-order valence-corrected chi connectivity index (χ3v) is 3.24. The normalized spacial score (nSPS) is 11.8. The van der Waals surface area contributed by atoms with Gasteiger partial charge in [0.15, 0.2) is 0 Å². The van der Waals surface area contributed by atoms with Crippen LogP contribution in [0.4, 0.5) is 0 Å². The number of hydrogen-bond acceptors (Lipinski definition) is 2. The van der Waals surface area contributed by atoms with Crippen LogP contribution in [-0.2, 0) is 16.9 Å². The molecule has 0 saturated heterocycles. The van der Waals surface area contributed by atoms with E-state index in [9.17, 15) is 10.2 Å². The number of benzene rings is 1. The molecule has 101 valence electrons. The molecule has 0 saturated carbocycles. The summed E-state index contributed by atoms with van der Waals surface area (Å²) in [5.41, 5.74) is 1.20. The van der Waals surface area contributed by atoms with E-state index in [0.717, 1.165) is 0 Å². The summed E-state index contributed by atoms with van der Waals surface area (Å²) in [4.78, 5) is 3.96. The Morgan fingerprint density at radius 2 is 2.05 bits per heavy atom.